The Balaban J connectivity index is 2.05. The number of alkyl halides is 1. The SMILES string of the molecule is CCC(=O)NCC(Cl)C1CC1. The molecule has 0 aromatic carbocycles. The van der Waals surface area contributed by atoms with Gasteiger partial charge in [-0.2, -0.15) is 0 Å². The zero-order valence-corrected chi connectivity index (χ0v) is 7.53. The third-order valence-corrected chi connectivity index (χ3v) is 2.46. The van der Waals surface area contributed by atoms with Crippen molar-refractivity contribution in [3.05, 3.63) is 0 Å². The Morgan fingerprint density at radius 1 is 1.73 bits per heavy atom. The third-order valence-electron chi connectivity index (χ3n) is 1.95. The van der Waals surface area contributed by atoms with E-state index in [1.54, 1.807) is 0 Å². The van der Waals surface area contributed by atoms with Crippen LogP contribution in [0.25, 0.3) is 0 Å². The summed E-state index contributed by atoms with van der Waals surface area (Å²) in [7, 11) is 0. The van der Waals surface area contributed by atoms with Gasteiger partial charge in [0.1, 0.15) is 0 Å². The van der Waals surface area contributed by atoms with Gasteiger partial charge < -0.3 is 5.32 Å². The maximum Gasteiger partial charge on any atom is 0.219 e. The number of halogens is 1. The second-order valence-corrected chi connectivity index (χ2v) is 3.57. The molecule has 64 valence electrons. The van der Waals surface area contributed by atoms with E-state index in [1.165, 1.54) is 12.8 Å². The number of carbonyl (C=O) groups is 1. The Bertz CT molecular complexity index is 145. The van der Waals surface area contributed by atoms with Crippen LogP contribution in [0, 0.1) is 5.92 Å². The Labute approximate surface area is 72.3 Å². The highest BCUT2D eigenvalue weighted by Gasteiger charge is 2.29. The van der Waals surface area contributed by atoms with E-state index in [0.29, 0.717) is 18.9 Å². The topological polar surface area (TPSA) is 29.1 Å². The maximum atomic E-state index is 10.8. The molecule has 0 aliphatic heterocycles. The molecule has 0 bridgehead atoms. The molecule has 3 heteroatoms. The highest BCUT2D eigenvalue weighted by molar-refractivity contribution is 6.21. The van der Waals surface area contributed by atoms with Gasteiger partial charge in [-0.25, -0.2) is 0 Å². The summed E-state index contributed by atoms with van der Waals surface area (Å²) in [5.41, 5.74) is 0. The zero-order valence-electron chi connectivity index (χ0n) is 6.77. The lowest BCUT2D eigenvalue weighted by Gasteiger charge is -2.07. The molecular formula is C8H14ClNO. The van der Waals surface area contributed by atoms with Crippen LogP contribution in [0.4, 0.5) is 0 Å². The van der Waals surface area contributed by atoms with Crippen molar-refractivity contribution >= 4 is 17.5 Å². The zero-order chi connectivity index (χ0) is 8.27. The van der Waals surface area contributed by atoms with Crippen LogP contribution in [0.3, 0.4) is 0 Å². The smallest absolute Gasteiger partial charge is 0.219 e. The quantitative estimate of drug-likeness (QED) is 0.646. The first-order chi connectivity index (χ1) is 5.24. The summed E-state index contributed by atoms with van der Waals surface area (Å²) in [6.45, 7) is 2.48. The Morgan fingerprint density at radius 2 is 2.36 bits per heavy atom. The van der Waals surface area contributed by atoms with Gasteiger partial charge in [0.05, 0.1) is 5.38 Å². The molecule has 1 amide bonds. The first-order valence-electron chi connectivity index (χ1n) is 4.14. The van der Waals surface area contributed by atoms with Crippen LogP contribution >= 0.6 is 11.6 Å². The Morgan fingerprint density at radius 3 is 2.82 bits per heavy atom. The normalized spacial score (nSPS) is 19.5. The average Bonchev–Trinajstić information content (AvgIpc) is 2.81. The first-order valence-corrected chi connectivity index (χ1v) is 4.58. The molecule has 0 spiro atoms. The van der Waals surface area contributed by atoms with Crippen molar-refractivity contribution in [2.24, 2.45) is 5.92 Å². The van der Waals surface area contributed by atoms with Crippen molar-refractivity contribution in [2.45, 2.75) is 31.6 Å². The van der Waals surface area contributed by atoms with Gasteiger partial charge in [-0.3, -0.25) is 4.79 Å². The predicted molar refractivity (Wildman–Crippen MR) is 45.7 cm³/mol. The molecule has 1 fully saturated rings. The van der Waals surface area contributed by atoms with E-state index < -0.39 is 0 Å². The van der Waals surface area contributed by atoms with E-state index in [9.17, 15) is 4.79 Å². The van der Waals surface area contributed by atoms with Crippen LogP contribution in [0.15, 0.2) is 0 Å². The molecule has 1 aliphatic rings. The Kier molecular flexibility index (Phi) is 3.18. The summed E-state index contributed by atoms with van der Waals surface area (Å²) in [4.78, 5) is 10.8. The van der Waals surface area contributed by atoms with Gasteiger partial charge in [0, 0.05) is 13.0 Å². The fraction of sp³-hybridized carbons (Fsp3) is 0.875. The fourth-order valence-corrected chi connectivity index (χ4v) is 1.29. The molecule has 1 atom stereocenters. The van der Waals surface area contributed by atoms with Crippen LogP contribution in [-0.2, 0) is 4.79 Å². The van der Waals surface area contributed by atoms with Gasteiger partial charge in [-0.1, -0.05) is 6.92 Å². The van der Waals surface area contributed by atoms with Gasteiger partial charge in [0.2, 0.25) is 5.91 Å². The van der Waals surface area contributed by atoms with Crippen LogP contribution in [0.1, 0.15) is 26.2 Å². The molecule has 11 heavy (non-hydrogen) atoms. The minimum absolute atomic E-state index is 0.0938. The lowest BCUT2D eigenvalue weighted by Crippen LogP contribution is -2.29. The van der Waals surface area contributed by atoms with Crippen molar-refractivity contribution in [3.63, 3.8) is 0 Å². The lowest BCUT2D eigenvalue weighted by atomic mass is 10.3. The molecule has 0 aromatic heterocycles. The summed E-state index contributed by atoms with van der Waals surface area (Å²) in [6, 6.07) is 0. The van der Waals surface area contributed by atoms with Crippen molar-refractivity contribution in [3.8, 4) is 0 Å². The van der Waals surface area contributed by atoms with E-state index >= 15 is 0 Å². The van der Waals surface area contributed by atoms with Crippen LogP contribution in [0.2, 0.25) is 0 Å². The number of hydrogen-bond donors (Lipinski definition) is 1. The second kappa shape index (κ2) is 3.96. The molecule has 0 saturated heterocycles. The molecular weight excluding hydrogens is 162 g/mol. The Hall–Kier alpha value is -0.240. The van der Waals surface area contributed by atoms with Crippen LogP contribution < -0.4 is 5.32 Å². The van der Waals surface area contributed by atoms with Crippen molar-refractivity contribution < 1.29 is 4.79 Å². The monoisotopic (exact) mass is 175 g/mol. The summed E-state index contributed by atoms with van der Waals surface area (Å²) in [5.74, 6) is 0.755. The summed E-state index contributed by atoms with van der Waals surface area (Å²) < 4.78 is 0. The van der Waals surface area contributed by atoms with E-state index in [2.05, 4.69) is 5.32 Å². The van der Waals surface area contributed by atoms with Gasteiger partial charge in [-0.05, 0) is 18.8 Å². The number of hydrogen-bond acceptors (Lipinski definition) is 1. The molecule has 1 unspecified atom stereocenters. The van der Waals surface area contributed by atoms with Gasteiger partial charge in [0.15, 0.2) is 0 Å². The van der Waals surface area contributed by atoms with Crippen molar-refractivity contribution in [1.29, 1.82) is 0 Å². The van der Waals surface area contributed by atoms with Gasteiger partial charge in [0.25, 0.3) is 0 Å². The predicted octanol–water partition coefficient (Wildman–Crippen LogP) is 1.53. The van der Waals surface area contributed by atoms with E-state index in [0.717, 1.165) is 0 Å². The number of carbonyl (C=O) groups excluding carboxylic acids is 1. The summed E-state index contributed by atoms with van der Waals surface area (Å²) in [6.07, 6.45) is 3.01. The van der Waals surface area contributed by atoms with E-state index in [1.807, 2.05) is 6.92 Å². The van der Waals surface area contributed by atoms with Gasteiger partial charge in [-0.15, -0.1) is 11.6 Å². The molecule has 1 saturated carbocycles. The van der Waals surface area contributed by atoms with Crippen LogP contribution in [0.5, 0.6) is 0 Å². The molecule has 1 rings (SSSR count). The van der Waals surface area contributed by atoms with Crippen molar-refractivity contribution in [2.75, 3.05) is 6.54 Å². The fourth-order valence-electron chi connectivity index (χ4n) is 0.961. The van der Waals surface area contributed by atoms with Crippen molar-refractivity contribution in [1.82, 2.24) is 5.32 Å². The molecule has 0 radical (unpaired) electrons. The highest BCUT2D eigenvalue weighted by atomic mass is 35.5. The average molecular weight is 176 g/mol. The molecule has 2 nitrogen and oxygen atoms in total. The number of rotatable bonds is 4. The van der Waals surface area contributed by atoms with Gasteiger partial charge >= 0.3 is 0 Å². The minimum Gasteiger partial charge on any atom is -0.355 e. The molecule has 1 aliphatic carbocycles. The third kappa shape index (κ3) is 3.10. The molecule has 0 heterocycles. The van der Waals surface area contributed by atoms with Crippen LogP contribution in [-0.4, -0.2) is 17.8 Å². The largest absolute Gasteiger partial charge is 0.355 e. The first kappa shape index (κ1) is 8.85. The highest BCUT2D eigenvalue weighted by Crippen LogP contribution is 2.35. The second-order valence-electron chi connectivity index (χ2n) is 3.01. The standard InChI is InChI=1S/C8H14ClNO/c1-2-8(11)10-5-7(9)6-3-4-6/h6-7H,2-5H2,1H3,(H,10,11). The number of nitrogens with one attached hydrogen (secondary N) is 1. The molecule has 1 N–H and O–H groups in total. The lowest BCUT2D eigenvalue weighted by molar-refractivity contribution is -0.120. The summed E-state index contributed by atoms with van der Waals surface area (Å²) >= 11 is 5.96. The maximum absolute atomic E-state index is 10.8. The minimum atomic E-state index is 0.0938. The van der Waals surface area contributed by atoms with E-state index in [4.69, 9.17) is 11.6 Å². The number of amides is 1. The van der Waals surface area contributed by atoms with E-state index in [-0.39, 0.29) is 11.3 Å². The molecule has 0 aromatic rings. The summed E-state index contributed by atoms with van der Waals surface area (Å²) in [5, 5.41) is 2.94.